The first-order valence-electron chi connectivity index (χ1n) is 5.68. The van der Waals surface area contributed by atoms with Gasteiger partial charge in [-0.15, -0.1) is 0 Å². The van der Waals surface area contributed by atoms with Crippen LogP contribution in [0.4, 0.5) is 5.82 Å². The Labute approximate surface area is 105 Å². The second kappa shape index (κ2) is 6.58. The van der Waals surface area contributed by atoms with Gasteiger partial charge in [-0.2, -0.15) is 0 Å². The van der Waals surface area contributed by atoms with E-state index in [0.717, 1.165) is 0 Å². The van der Waals surface area contributed by atoms with Crippen molar-refractivity contribution in [2.45, 2.75) is 13.8 Å². The number of rotatable bonds is 6. The number of anilines is 1. The van der Waals surface area contributed by atoms with Crippen molar-refractivity contribution in [1.82, 2.24) is 4.98 Å². The summed E-state index contributed by atoms with van der Waals surface area (Å²) in [5.41, 5.74) is 0.354. The molecule has 1 aromatic rings. The number of hydrogen-bond donors (Lipinski definition) is 1. The van der Waals surface area contributed by atoms with Gasteiger partial charge in [0.05, 0.1) is 12.2 Å². The van der Waals surface area contributed by atoms with Gasteiger partial charge in [-0.1, -0.05) is 0 Å². The third-order valence-corrected chi connectivity index (χ3v) is 2.29. The Kier molecular flexibility index (Phi) is 5.10. The van der Waals surface area contributed by atoms with Gasteiger partial charge in [-0.3, -0.25) is 4.79 Å². The first-order chi connectivity index (χ1) is 8.58. The molecule has 0 saturated heterocycles. The molecular formula is C12H16N2O4. The monoisotopic (exact) mass is 252 g/mol. The Hall–Kier alpha value is -2.11. The average molecular weight is 252 g/mol. The van der Waals surface area contributed by atoms with Crippen molar-refractivity contribution in [2.24, 2.45) is 0 Å². The zero-order valence-corrected chi connectivity index (χ0v) is 10.4. The molecule has 1 N–H and O–H groups in total. The number of aromatic nitrogens is 1. The number of carboxylic acid groups (broad SMARTS) is 1. The van der Waals surface area contributed by atoms with E-state index in [1.165, 1.54) is 6.20 Å². The van der Waals surface area contributed by atoms with Crippen molar-refractivity contribution in [1.29, 1.82) is 0 Å². The van der Waals surface area contributed by atoms with Gasteiger partial charge in [0, 0.05) is 12.7 Å². The largest absolute Gasteiger partial charge is 0.480 e. The maximum absolute atomic E-state index is 11.4. The maximum Gasteiger partial charge on any atom is 0.339 e. The third kappa shape index (κ3) is 3.73. The van der Waals surface area contributed by atoms with Crippen LogP contribution < -0.4 is 4.90 Å². The molecule has 0 aliphatic heterocycles. The van der Waals surface area contributed by atoms with E-state index in [1.807, 2.05) is 6.92 Å². The summed E-state index contributed by atoms with van der Waals surface area (Å²) < 4.78 is 4.83. The Morgan fingerprint density at radius 1 is 1.39 bits per heavy atom. The summed E-state index contributed by atoms with van der Waals surface area (Å²) in [5, 5.41) is 8.75. The van der Waals surface area contributed by atoms with Crippen LogP contribution in [-0.4, -0.2) is 41.7 Å². The van der Waals surface area contributed by atoms with Crippen LogP contribution in [0.25, 0.3) is 0 Å². The third-order valence-electron chi connectivity index (χ3n) is 2.29. The number of hydrogen-bond acceptors (Lipinski definition) is 5. The van der Waals surface area contributed by atoms with Crippen LogP contribution in [-0.2, 0) is 9.53 Å². The number of carboxylic acids is 1. The zero-order valence-electron chi connectivity index (χ0n) is 10.4. The van der Waals surface area contributed by atoms with Crippen LogP contribution in [0.15, 0.2) is 18.3 Å². The zero-order chi connectivity index (χ0) is 13.5. The molecule has 0 amide bonds. The standard InChI is InChI=1S/C12H16N2O4/c1-3-14(8-11(15)16)10-6-5-9(7-13-10)12(17)18-4-2/h5-7H,3-4,8H2,1-2H3,(H,15,16). The van der Waals surface area contributed by atoms with Gasteiger partial charge in [0.25, 0.3) is 0 Å². The van der Waals surface area contributed by atoms with E-state index >= 15 is 0 Å². The van der Waals surface area contributed by atoms with E-state index in [9.17, 15) is 9.59 Å². The molecule has 98 valence electrons. The molecule has 6 heteroatoms. The number of esters is 1. The molecule has 18 heavy (non-hydrogen) atoms. The SMILES string of the molecule is CCOC(=O)c1ccc(N(CC)CC(=O)O)nc1. The first-order valence-corrected chi connectivity index (χ1v) is 5.68. The molecule has 0 unspecified atom stereocenters. The lowest BCUT2D eigenvalue weighted by Gasteiger charge is -2.19. The molecule has 0 bridgehead atoms. The van der Waals surface area contributed by atoms with Crippen molar-refractivity contribution >= 4 is 17.8 Å². The lowest BCUT2D eigenvalue weighted by Crippen LogP contribution is -2.30. The number of carbonyl (C=O) groups excluding carboxylic acids is 1. The summed E-state index contributed by atoms with van der Waals surface area (Å²) in [7, 11) is 0. The summed E-state index contributed by atoms with van der Waals surface area (Å²) in [6, 6.07) is 3.18. The van der Waals surface area contributed by atoms with Crippen LogP contribution in [0.3, 0.4) is 0 Å². The van der Waals surface area contributed by atoms with Crippen LogP contribution in [0, 0.1) is 0 Å². The molecule has 0 saturated carbocycles. The smallest absolute Gasteiger partial charge is 0.339 e. The van der Waals surface area contributed by atoms with E-state index < -0.39 is 11.9 Å². The van der Waals surface area contributed by atoms with E-state index in [2.05, 4.69) is 4.98 Å². The minimum Gasteiger partial charge on any atom is -0.480 e. The summed E-state index contributed by atoms with van der Waals surface area (Å²) in [5.74, 6) is -0.834. The predicted octanol–water partition coefficient (Wildman–Crippen LogP) is 1.17. The van der Waals surface area contributed by atoms with Crippen LogP contribution in [0.1, 0.15) is 24.2 Å². The van der Waals surface area contributed by atoms with E-state index in [1.54, 1.807) is 24.0 Å². The van der Waals surface area contributed by atoms with E-state index in [4.69, 9.17) is 9.84 Å². The molecule has 0 spiro atoms. The average Bonchev–Trinajstić information content (AvgIpc) is 2.36. The molecular weight excluding hydrogens is 236 g/mol. The molecule has 6 nitrogen and oxygen atoms in total. The molecule has 0 aliphatic carbocycles. The summed E-state index contributed by atoms with van der Waals surface area (Å²) in [6.07, 6.45) is 1.39. The fourth-order valence-electron chi connectivity index (χ4n) is 1.43. The number of nitrogens with zero attached hydrogens (tertiary/aromatic N) is 2. The Balaban J connectivity index is 2.80. The minimum atomic E-state index is -0.923. The van der Waals surface area contributed by atoms with Gasteiger partial charge in [0.15, 0.2) is 0 Å². The van der Waals surface area contributed by atoms with Crippen LogP contribution >= 0.6 is 0 Å². The van der Waals surface area contributed by atoms with Crippen molar-refractivity contribution in [3.63, 3.8) is 0 Å². The molecule has 1 rings (SSSR count). The quantitative estimate of drug-likeness (QED) is 0.765. The number of carbonyl (C=O) groups is 2. The summed E-state index contributed by atoms with van der Waals surface area (Å²) >= 11 is 0. The van der Waals surface area contributed by atoms with Crippen molar-refractivity contribution in [3.8, 4) is 0 Å². The lowest BCUT2D eigenvalue weighted by molar-refractivity contribution is -0.135. The van der Waals surface area contributed by atoms with Gasteiger partial charge in [0.1, 0.15) is 12.4 Å². The first kappa shape index (κ1) is 14.0. The maximum atomic E-state index is 11.4. The Bertz CT molecular complexity index is 417. The highest BCUT2D eigenvalue weighted by atomic mass is 16.5. The molecule has 0 radical (unpaired) electrons. The normalized spacial score (nSPS) is 9.89. The van der Waals surface area contributed by atoms with Gasteiger partial charge in [-0.05, 0) is 26.0 Å². The molecule has 1 heterocycles. The summed E-state index contributed by atoms with van der Waals surface area (Å²) in [6.45, 7) is 4.27. The highest BCUT2D eigenvalue weighted by molar-refractivity contribution is 5.89. The second-order valence-corrected chi connectivity index (χ2v) is 3.53. The lowest BCUT2D eigenvalue weighted by atomic mass is 10.3. The van der Waals surface area contributed by atoms with Crippen molar-refractivity contribution < 1.29 is 19.4 Å². The fraction of sp³-hybridized carbons (Fsp3) is 0.417. The fourth-order valence-corrected chi connectivity index (χ4v) is 1.43. The topological polar surface area (TPSA) is 79.7 Å². The number of aliphatic carboxylic acids is 1. The number of likely N-dealkylation sites (N-methyl/N-ethyl adjacent to an activating group) is 1. The Morgan fingerprint density at radius 2 is 2.11 bits per heavy atom. The van der Waals surface area contributed by atoms with Gasteiger partial charge >= 0.3 is 11.9 Å². The molecule has 0 aliphatic rings. The molecule has 0 atom stereocenters. The molecule has 0 fully saturated rings. The van der Waals surface area contributed by atoms with Gasteiger partial charge in [-0.25, -0.2) is 9.78 Å². The van der Waals surface area contributed by atoms with Crippen molar-refractivity contribution in [3.05, 3.63) is 23.9 Å². The van der Waals surface area contributed by atoms with E-state index in [0.29, 0.717) is 24.5 Å². The van der Waals surface area contributed by atoms with Crippen molar-refractivity contribution in [2.75, 3.05) is 24.6 Å². The highest BCUT2D eigenvalue weighted by Gasteiger charge is 2.12. The number of pyridine rings is 1. The van der Waals surface area contributed by atoms with Crippen LogP contribution in [0.5, 0.6) is 0 Å². The Morgan fingerprint density at radius 3 is 2.56 bits per heavy atom. The highest BCUT2D eigenvalue weighted by Crippen LogP contribution is 2.11. The van der Waals surface area contributed by atoms with E-state index in [-0.39, 0.29) is 6.54 Å². The molecule has 1 aromatic heterocycles. The van der Waals surface area contributed by atoms with Crippen LogP contribution in [0.2, 0.25) is 0 Å². The summed E-state index contributed by atoms with van der Waals surface area (Å²) in [4.78, 5) is 27.7. The second-order valence-electron chi connectivity index (χ2n) is 3.53. The minimum absolute atomic E-state index is 0.123. The number of ether oxygens (including phenoxy) is 1. The van der Waals surface area contributed by atoms with Gasteiger partial charge in [0.2, 0.25) is 0 Å². The predicted molar refractivity (Wildman–Crippen MR) is 65.7 cm³/mol. The molecule has 0 aromatic carbocycles. The van der Waals surface area contributed by atoms with Gasteiger partial charge < -0.3 is 14.7 Å².